The zero-order valence-electron chi connectivity index (χ0n) is 10.3. The second kappa shape index (κ2) is 6.42. The molecule has 0 saturated heterocycles. The molecule has 98 valence electrons. The quantitative estimate of drug-likeness (QED) is 0.604. The summed E-state index contributed by atoms with van der Waals surface area (Å²) in [6, 6.07) is 8.04. The Balaban J connectivity index is 2.28. The van der Waals surface area contributed by atoms with Crippen molar-refractivity contribution in [1.29, 1.82) is 0 Å². The van der Waals surface area contributed by atoms with E-state index < -0.39 is 0 Å². The van der Waals surface area contributed by atoms with E-state index in [0.717, 1.165) is 11.4 Å². The third-order valence-electron chi connectivity index (χ3n) is 3.39. The van der Waals surface area contributed by atoms with Crippen molar-refractivity contribution in [3.63, 3.8) is 0 Å². The van der Waals surface area contributed by atoms with Crippen molar-refractivity contribution in [2.45, 2.75) is 18.8 Å². The summed E-state index contributed by atoms with van der Waals surface area (Å²) in [5.74, 6) is 0.381. The van der Waals surface area contributed by atoms with Crippen molar-refractivity contribution in [3.05, 3.63) is 48.0 Å². The highest BCUT2D eigenvalue weighted by Crippen LogP contribution is 2.34. The van der Waals surface area contributed by atoms with Crippen LogP contribution in [0.2, 0.25) is 0 Å². The summed E-state index contributed by atoms with van der Waals surface area (Å²) in [5.41, 5.74) is 2.23. The van der Waals surface area contributed by atoms with Gasteiger partial charge in [0, 0.05) is 42.9 Å². The van der Waals surface area contributed by atoms with E-state index >= 15 is 0 Å². The van der Waals surface area contributed by atoms with E-state index in [2.05, 4.69) is 9.97 Å². The fraction of sp³-hybridized carbons (Fsp3) is 0.429. The van der Waals surface area contributed by atoms with E-state index in [4.69, 9.17) is 0 Å². The lowest BCUT2D eigenvalue weighted by atomic mass is 9.82. The molecule has 18 heavy (non-hydrogen) atoms. The number of aromatic amines is 2. The van der Waals surface area contributed by atoms with Crippen LogP contribution in [0, 0.1) is 5.92 Å². The van der Waals surface area contributed by atoms with Crippen LogP contribution < -0.4 is 0 Å². The average Bonchev–Trinajstić information content (AvgIpc) is 3.03. The SMILES string of the molecule is OCCC(CCO)C(c1ccc[nH]1)c1ccc[nH]1. The molecule has 0 spiro atoms. The minimum absolute atomic E-state index is 0.141. The summed E-state index contributed by atoms with van der Waals surface area (Å²) in [6.07, 6.45) is 5.17. The van der Waals surface area contributed by atoms with Gasteiger partial charge in [-0.25, -0.2) is 0 Å². The van der Waals surface area contributed by atoms with E-state index in [-0.39, 0.29) is 25.0 Å². The molecule has 4 heteroatoms. The van der Waals surface area contributed by atoms with Crippen molar-refractivity contribution < 1.29 is 10.2 Å². The van der Waals surface area contributed by atoms with Gasteiger partial charge in [-0.2, -0.15) is 0 Å². The van der Waals surface area contributed by atoms with Gasteiger partial charge in [0.05, 0.1) is 0 Å². The lowest BCUT2D eigenvalue weighted by Gasteiger charge is -2.25. The third kappa shape index (κ3) is 2.83. The fourth-order valence-electron chi connectivity index (χ4n) is 2.56. The monoisotopic (exact) mass is 248 g/mol. The molecule has 2 aromatic heterocycles. The van der Waals surface area contributed by atoms with Gasteiger partial charge in [0.25, 0.3) is 0 Å². The topological polar surface area (TPSA) is 72.0 Å². The van der Waals surface area contributed by atoms with Crippen LogP contribution in [-0.2, 0) is 0 Å². The molecule has 0 unspecified atom stereocenters. The zero-order valence-corrected chi connectivity index (χ0v) is 10.3. The van der Waals surface area contributed by atoms with Gasteiger partial charge in [0.15, 0.2) is 0 Å². The van der Waals surface area contributed by atoms with Gasteiger partial charge in [-0.05, 0) is 43.0 Å². The zero-order chi connectivity index (χ0) is 12.8. The Morgan fingerprint density at radius 2 is 1.39 bits per heavy atom. The standard InChI is InChI=1S/C14H20N2O2/c17-9-5-11(6-10-18)14(12-3-1-7-15-12)13-4-2-8-16-13/h1-4,7-8,11,14-18H,5-6,9-10H2. The van der Waals surface area contributed by atoms with Crippen LogP contribution in [0.5, 0.6) is 0 Å². The van der Waals surface area contributed by atoms with Crippen LogP contribution in [0.3, 0.4) is 0 Å². The Hall–Kier alpha value is -1.52. The maximum atomic E-state index is 9.21. The van der Waals surface area contributed by atoms with Gasteiger partial charge in [-0.1, -0.05) is 0 Å². The van der Waals surface area contributed by atoms with E-state index in [0.29, 0.717) is 12.8 Å². The lowest BCUT2D eigenvalue weighted by molar-refractivity contribution is 0.204. The van der Waals surface area contributed by atoms with Crippen LogP contribution >= 0.6 is 0 Å². The Labute approximate surface area is 107 Å². The van der Waals surface area contributed by atoms with E-state index in [1.807, 2.05) is 36.7 Å². The average molecular weight is 248 g/mol. The van der Waals surface area contributed by atoms with Crippen LogP contribution in [-0.4, -0.2) is 33.4 Å². The Morgan fingerprint density at radius 3 is 1.72 bits per heavy atom. The minimum atomic E-state index is 0.141. The summed E-state index contributed by atoms with van der Waals surface area (Å²) < 4.78 is 0. The Morgan fingerprint density at radius 1 is 0.889 bits per heavy atom. The van der Waals surface area contributed by atoms with Crippen molar-refractivity contribution in [2.75, 3.05) is 13.2 Å². The number of nitrogens with one attached hydrogen (secondary N) is 2. The van der Waals surface area contributed by atoms with Gasteiger partial charge in [-0.15, -0.1) is 0 Å². The largest absolute Gasteiger partial charge is 0.396 e. The predicted molar refractivity (Wildman–Crippen MR) is 70.3 cm³/mol. The number of aromatic nitrogens is 2. The molecule has 4 N–H and O–H groups in total. The second-order valence-corrected chi connectivity index (χ2v) is 4.51. The lowest BCUT2D eigenvalue weighted by Crippen LogP contribution is -2.18. The van der Waals surface area contributed by atoms with E-state index in [9.17, 15) is 10.2 Å². The van der Waals surface area contributed by atoms with Gasteiger partial charge in [0.1, 0.15) is 0 Å². The first-order valence-electron chi connectivity index (χ1n) is 6.35. The first-order chi connectivity index (χ1) is 8.86. The molecule has 0 bridgehead atoms. The molecule has 0 aliphatic heterocycles. The summed E-state index contributed by atoms with van der Waals surface area (Å²) in [4.78, 5) is 6.48. The molecule has 2 aromatic rings. The molecule has 0 aromatic carbocycles. The van der Waals surface area contributed by atoms with Crippen molar-refractivity contribution in [2.24, 2.45) is 5.92 Å². The van der Waals surface area contributed by atoms with Crippen LogP contribution in [0.1, 0.15) is 30.1 Å². The number of H-pyrrole nitrogens is 2. The molecule has 0 amide bonds. The van der Waals surface area contributed by atoms with E-state index in [1.165, 1.54) is 0 Å². The van der Waals surface area contributed by atoms with Crippen molar-refractivity contribution >= 4 is 0 Å². The molecular weight excluding hydrogens is 228 g/mol. The molecule has 0 atom stereocenters. The number of hydrogen-bond donors (Lipinski definition) is 4. The van der Waals surface area contributed by atoms with Crippen LogP contribution in [0.25, 0.3) is 0 Å². The van der Waals surface area contributed by atoms with Gasteiger partial charge < -0.3 is 20.2 Å². The highest BCUT2D eigenvalue weighted by atomic mass is 16.3. The number of aliphatic hydroxyl groups is 2. The summed E-state index contributed by atoms with van der Waals surface area (Å²) in [5, 5.41) is 18.4. The maximum absolute atomic E-state index is 9.21. The molecule has 2 rings (SSSR count). The summed E-state index contributed by atoms with van der Waals surface area (Å²) in [7, 11) is 0. The Kier molecular flexibility index (Phi) is 4.61. The molecule has 4 nitrogen and oxygen atoms in total. The molecule has 0 fully saturated rings. The number of aliphatic hydroxyl groups excluding tert-OH is 2. The maximum Gasteiger partial charge on any atom is 0.0434 e. The molecule has 0 radical (unpaired) electrons. The van der Waals surface area contributed by atoms with Crippen molar-refractivity contribution in [1.82, 2.24) is 9.97 Å². The van der Waals surface area contributed by atoms with Crippen molar-refractivity contribution in [3.8, 4) is 0 Å². The molecular formula is C14H20N2O2. The number of hydrogen-bond acceptors (Lipinski definition) is 2. The van der Waals surface area contributed by atoms with Gasteiger partial charge in [-0.3, -0.25) is 0 Å². The predicted octanol–water partition coefficient (Wildman–Crippen LogP) is 1.86. The fourth-order valence-corrected chi connectivity index (χ4v) is 2.56. The Bertz CT molecular complexity index is 382. The van der Waals surface area contributed by atoms with Crippen LogP contribution in [0.4, 0.5) is 0 Å². The van der Waals surface area contributed by atoms with Crippen LogP contribution in [0.15, 0.2) is 36.7 Å². The highest BCUT2D eigenvalue weighted by molar-refractivity contribution is 5.24. The third-order valence-corrected chi connectivity index (χ3v) is 3.39. The molecule has 0 aliphatic rings. The number of rotatable bonds is 7. The highest BCUT2D eigenvalue weighted by Gasteiger charge is 2.25. The summed E-state index contributed by atoms with van der Waals surface area (Å²) in [6.45, 7) is 0.283. The van der Waals surface area contributed by atoms with Gasteiger partial charge in [0.2, 0.25) is 0 Å². The smallest absolute Gasteiger partial charge is 0.0434 e. The first kappa shape index (κ1) is 12.9. The molecule has 0 aliphatic carbocycles. The minimum Gasteiger partial charge on any atom is -0.396 e. The second-order valence-electron chi connectivity index (χ2n) is 4.51. The van der Waals surface area contributed by atoms with Gasteiger partial charge >= 0.3 is 0 Å². The first-order valence-corrected chi connectivity index (χ1v) is 6.35. The normalized spacial score (nSPS) is 11.6. The molecule has 2 heterocycles. The van der Waals surface area contributed by atoms with E-state index in [1.54, 1.807) is 0 Å². The molecule has 0 saturated carbocycles. The summed E-state index contributed by atoms with van der Waals surface area (Å²) >= 11 is 0.